The summed E-state index contributed by atoms with van der Waals surface area (Å²) in [4.78, 5) is 47.3. The van der Waals surface area contributed by atoms with Gasteiger partial charge in [-0.05, 0) is 40.0 Å². The van der Waals surface area contributed by atoms with Gasteiger partial charge in [-0.15, -0.1) is 0 Å². The summed E-state index contributed by atoms with van der Waals surface area (Å²) in [6.07, 6.45) is 1.36. The third-order valence-corrected chi connectivity index (χ3v) is 5.40. The van der Waals surface area contributed by atoms with Gasteiger partial charge < -0.3 is 24.2 Å². The molecule has 3 atom stereocenters. The van der Waals surface area contributed by atoms with Crippen molar-refractivity contribution in [2.75, 3.05) is 39.9 Å². The molecular formula is C19H32N4O6. The Kier molecular flexibility index (Phi) is 6.52. The van der Waals surface area contributed by atoms with Gasteiger partial charge in [0.15, 0.2) is 0 Å². The Balaban J connectivity index is 1.46. The molecule has 3 fully saturated rings. The number of amides is 4. The van der Waals surface area contributed by atoms with Crippen LogP contribution in [0.2, 0.25) is 0 Å². The topological polar surface area (TPSA) is 101 Å². The zero-order chi connectivity index (χ0) is 21.2. The molecule has 10 heteroatoms. The largest absolute Gasteiger partial charge is 0.444 e. The lowest BCUT2D eigenvalue weighted by atomic mass is 10.0. The molecule has 3 rings (SSSR count). The van der Waals surface area contributed by atoms with Crippen LogP contribution >= 0.6 is 0 Å². The second kappa shape index (κ2) is 8.74. The second-order valence-corrected chi connectivity index (χ2v) is 8.84. The van der Waals surface area contributed by atoms with Gasteiger partial charge in [-0.1, -0.05) is 0 Å². The van der Waals surface area contributed by atoms with Crippen LogP contribution in [0, 0.1) is 0 Å². The molecule has 0 aromatic rings. The molecule has 3 aliphatic rings. The Morgan fingerprint density at radius 2 is 2.00 bits per heavy atom. The quantitative estimate of drug-likeness (QED) is 0.691. The maximum atomic E-state index is 12.5. The lowest BCUT2D eigenvalue weighted by Gasteiger charge is -2.30. The van der Waals surface area contributed by atoms with Crippen LogP contribution in [0.3, 0.4) is 0 Å². The number of ether oxygens (including phenoxy) is 2. The molecule has 0 radical (unpaired) electrons. The Hall–Kier alpha value is -2.07. The zero-order valence-corrected chi connectivity index (χ0v) is 17.7. The minimum Gasteiger partial charge on any atom is -0.444 e. The van der Waals surface area contributed by atoms with Crippen LogP contribution in [0.25, 0.3) is 0 Å². The average molecular weight is 412 g/mol. The number of likely N-dealkylation sites (N-methyl/N-ethyl adjacent to an activating group) is 1. The molecular weight excluding hydrogens is 380 g/mol. The molecule has 0 spiro atoms. The van der Waals surface area contributed by atoms with Crippen molar-refractivity contribution in [2.45, 2.75) is 63.8 Å². The van der Waals surface area contributed by atoms with Crippen molar-refractivity contribution in [3.05, 3.63) is 0 Å². The van der Waals surface area contributed by atoms with E-state index in [9.17, 15) is 14.4 Å². The van der Waals surface area contributed by atoms with Crippen molar-refractivity contribution in [1.82, 2.24) is 20.2 Å². The van der Waals surface area contributed by atoms with Gasteiger partial charge in [-0.3, -0.25) is 9.63 Å². The number of carbonyl (C=O) groups is 3. The van der Waals surface area contributed by atoms with Crippen LogP contribution in [-0.4, -0.2) is 96.4 Å². The molecule has 29 heavy (non-hydrogen) atoms. The van der Waals surface area contributed by atoms with E-state index in [0.717, 1.165) is 6.42 Å². The molecule has 3 saturated heterocycles. The van der Waals surface area contributed by atoms with E-state index < -0.39 is 11.6 Å². The Bertz CT molecular complexity index is 637. The van der Waals surface area contributed by atoms with Crippen molar-refractivity contribution >= 4 is 18.0 Å². The maximum absolute atomic E-state index is 12.5. The minimum atomic E-state index is -0.565. The number of hydrogen-bond acceptors (Lipinski definition) is 6. The van der Waals surface area contributed by atoms with Crippen molar-refractivity contribution in [3.63, 3.8) is 0 Å². The van der Waals surface area contributed by atoms with Gasteiger partial charge in [0.05, 0.1) is 12.6 Å². The molecule has 164 valence electrons. The number of hydrogen-bond donors (Lipinski definition) is 1. The highest BCUT2D eigenvalue weighted by atomic mass is 16.7. The first-order chi connectivity index (χ1) is 13.7. The van der Waals surface area contributed by atoms with Gasteiger partial charge >= 0.3 is 12.1 Å². The number of carbonyl (C=O) groups excluding carboxylic acids is 3. The van der Waals surface area contributed by atoms with Gasteiger partial charge in [0.1, 0.15) is 24.4 Å². The summed E-state index contributed by atoms with van der Waals surface area (Å²) in [5.74, 6) is -0.329. The zero-order valence-electron chi connectivity index (χ0n) is 17.7. The predicted molar refractivity (Wildman–Crippen MR) is 103 cm³/mol. The smallest absolute Gasteiger partial charge is 0.410 e. The van der Waals surface area contributed by atoms with E-state index in [-0.39, 0.29) is 36.8 Å². The molecule has 4 amide bonds. The summed E-state index contributed by atoms with van der Waals surface area (Å²) in [5, 5.41) is 0. The highest BCUT2D eigenvalue weighted by Crippen LogP contribution is 2.28. The van der Waals surface area contributed by atoms with Gasteiger partial charge in [-0.2, -0.15) is 0 Å². The van der Waals surface area contributed by atoms with E-state index in [2.05, 4.69) is 5.48 Å². The van der Waals surface area contributed by atoms with E-state index in [0.29, 0.717) is 39.1 Å². The molecule has 1 unspecified atom stereocenters. The van der Waals surface area contributed by atoms with Crippen molar-refractivity contribution in [1.29, 1.82) is 0 Å². The third-order valence-electron chi connectivity index (χ3n) is 5.40. The van der Waals surface area contributed by atoms with Crippen molar-refractivity contribution in [2.24, 2.45) is 0 Å². The van der Waals surface area contributed by atoms with Crippen molar-refractivity contribution < 1.29 is 28.7 Å². The van der Waals surface area contributed by atoms with Gasteiger partial charge in [-0.25, -0.2) is 15.1 Å². The number of nitrogens with zero attached hydrogens (tertiary/aromatic N) is 3. The number of nitrogens with one attached hydrogen (secondary N) is 1. The third kappa shape index (κ3) is 5.30. The van der Waals surface area contributed by atoms with Crippen LogP contribution in [0.1, 0.15) is 40.0 Å². The van der Waals surface area contributed by atoms with E-state index in [4.69, 9.17) is 14.3 Å². The Labute approximate surface area is 171 Å². The molecule has 1 N–H and O–H groups in total. The minimum absolute atomic E-state index is 0.105. The first kappa shape index (κ1) is 21.6. The van der Waals surface area contributed by atoms with Gasteiger partial charge in [0.2, 0.25) is 0 Å². The van der Waals surface area contributed by atoms with Crippen LogP contribution in [0.5, 0.6) is 0 Å². The number of hydroxylamine groups is 1. The normalized spacial score (nSPS) is 27.7. The fourth-order valence-electron chi connectivity index (χ4n) is 3.87. The van der Waals surface area contributed by atoms with E-state index in [1.54, 1.807) is 21.7 Å². The molecule has 0 saturated carbocycles. The van der Waals surface area contributed by atoms with Gasteiger partial charge in [0, 0.05) is 26.7 Å². The number of piperidine rings is 1. The molecule has 10 nitrogen and oxygen atoms in total. The molecule has 3 heterocycles. The van der Waals surface area contributed by atoms with Crippen LogP contribution < -0.4 is 5.48 Å². The summed E-state index contributed by atoms with van der Waals surface area (Å²) in [6.45, 7) is 7.53. The number of urea groups is 1. The fourth-order valence-corrected chi connectivity index (χ4v) is 3.87. The molecule has 2 bridgehead atoms. The maximum Gasteiger partial charge on any atom is 0.410 e. The van der Waals surface area contributed by atoms with Crippen molar-refractivity contribution in [3.8, 4) is 0 Å². The lowest BCUT2D eigenvalue weighted by Crippen LogP contribution is -2.50. The molecule has 3 aliphatic heterocycles. The second-order valence-electron chi connectivity index (χ2n) is 8.84. The lowest BCUT2D eigenvalue weighted by molar-refractivity contribution is -0.142. The summed E-state index contributed by atoms with van der Waals surface area (Å²) >= 11 is 0. The Morgan fingerprint density at radius 3 is 2.72 bits per heavy atom. The SMILES string of the molecule is CN1C(=O)N2C[C@H]1CC[C@H]2C(=O)NOCC1CN(C(=O)OC(C)(C)C)CCCO1. The number of rotatable bonds is 4. The van der Waals surface area contributed by atoms with E-state index in [1.165, 1.54) is 0 Å². The number of fused-ring (bicyclic) bond motifs is 2. The Morgan fingerprint density at radius 1 is 1.24 bits per heavy atom. The van der Waals surface area contributed by atoms with Crippen LogP contribution in [-0.2, 0) is 19.1 Å². The van der Waals surface area contributed by atoms with E-state index >= 15 is 0 Å². The summed E-state index contributed by atoms with van der Waals surface area (Å²) in [6, 6.07) is -0.449. The van der Waals surface area contributed by atoms with Gasteiger partial charge in [0.25, 0.3) is 5.91 Å². The molecule has 0 aromatic carbocycles. The highest BCUT2D eigenvalue weighted by Gasteiger charge is 2.45. The fraction of sp³-hybridized carbons (Fsp3) is 0.842. The molecule has 0 aromatic heterocycles. The monoisotopic (exact) mass is 412 g/mol. The van der Waals surface area contributed by atoms with Crippen LogP contribution in [0.4, 0.5) is 9.59 Å². The molecule has 0 aliphatic carbocycles. The first-order valence-corrected chi connectivity index (χ1v) is 10.2. The summed E-state index contributed by atoms with van der Waals surface area (Å²) < 4.78 is 11.2. The van der Waals surface area contributed by atoms with E-state index in [1.807, 2.05) is 20.8 Å². The first-order valence-electron chi connectivity index (χ1n) is 10.2. The summed E-state index contributed by atoms with van der Waals surface area (Å²) in [7, 11) is 1.77. The standard InChI is InChI=1S/C19H32N4O6/c1-19(2,3)29-18(26)22-8-5-9-27-14(11-22)12-28-20-16(24)15-7-6-13-10-23(15)17(25)21(13)4/h13-15H,5-12H2,1-4H3,(H,20,24)/t13-,14?,15+/m1/s1. The average Bonchev–Trinajstić information content (AvgIpc) is 2.83. The highest BCUT2D eigenvalue weighted by molar-refractivity contribution is 5.88. The van der Waals surface area contributed by atoms with Crippen LogP contribution in [0.15, 0.2) is 0 Å². The predicted octanol–water partition coefficient (Wildman–Crippen LogP) is 0.959. The summed E-state index contributed by atoms with van der Waals surface area (Å²) in [5.41, 5.74) is 1.89.